The van der Waals surface area contributed by atoms with Crippen LogP contribution in [0.4, 0.5) is 0 Å². The lowest BCUT2D eigenvalue weighted by Gasteiger charge is -2.05. The van der Waals surface area contributed by atoms with Gasteiger partial charge in [0.1, 0.15) is 0 Å². The summed E-state index contributed by atoms with van der Waals surface area (Å²) in [6.45, 7) is 5.76. The second-order valence-electron chi connectivity index (χ2n) is 3.18. The van der Waals surface area contributed by atoms with E-state index in [1.54, 1.807) is 11.8 Å². The maximum Gasteiger partial charge on any atom is 0.211 e. The Kier molecular flexibility index (Phi) is 7.89. The minimum atomic E-state index is 0.577. The molecule has 0 aromatic carbocycles. The quantitative estimate of drug-likeness (QED) is 0.361. The number of tetrazole rings is 1. The van der Waals surface area contributed by atoms with Gasteiger partial charge in [0, 0.05) is 26.8 Å². The molecule has 1 aromatic heterocycles. The molecule has 1 heterocycles. The van der Waals surface area contributed by atoms with Crippen molar-refractivity contribution < 1.29 is 9.47 Å². The third-order valence-corrected chi connectivity index (χ3v) is 2.79. The van der Waals surface area contributed by atoms with Crippen molar-refractivity contribution in [2.24, 2.45) is 0 Å². The van der Waals surface area contributed by atoms with Crippen molar-refractivity contribution in [1.29, 1.82) is 0 Å². The van der Waals surface area contributed by atoms with Crippen LogP contribution in [0.5, 0.6) is 0 Å². The number of aromatic nitrogens is 4. The highest BCUT2D eigenvalue weighted by Gasteiger charge is 2.05. The minimum Gasteiger partial charge on any atom is -0.383 e. The average molecular weight is 261 g/mol. The molecule has 1 rings (SSSR count). The molecule has 0 aliphatic rings. The van der Waals surface area contributed by atoms with Gasteiger partial charge in [-0.05, 0) is 17.4 Å². The van der Waals surface area contributed by atoms with Crippen LogP contribution in [0.25, 0.3) is 0 Å². The standard InChI is InChI=1S/C9H19N5O2S/c1-3-16-8-17-9-11-12-13-14(9)6-4-10-5-7-15-2/h10H,3-8H2,1-2H3. The molecule has 98 valence electrons. The van der Waals surface area contributed by atoms with Gasteiger partial charge >= 0.3 is 0 Å². The maximum atomic E-state index is 5.24. The summed E-state index contributed by atoms with van der Waals surface area (Å²) in [7, 11) is 1.69. The summed E-state index contributed by atoms with van der Waals surface area (Å²) in [6, 6.07) is 0. The van der Waals surface area contributed by atoms with Crippen molar-refractivity contribution >= 4 is 11.8 Å². The number of hydrogen-bond acceptors (Lipinski definition) is 7. The van der Waals surface area contributed by atoms with E-state index < -0.39 is 0 Å². The molecule has 0 aliphatic heterocycles. The van der Waals surface area contributed by atoms with Gasteiger partial charge < -0.3 is 14.8 Å². The Balaban J connectivity index is 2.20. The lowest BCUT2D eigenvalue weighted by Crippen LogP contribution is -2.24. The molecule has 7 nitrogen and oxygen atoms in total. The zero-order valence-electron chi connectivity index (χ0n) is 10.3. The highest BCUT2D eigenvalue weighted by atomic mass is 32.2. The predicted octanol–water partition coefficient (Wildman–Crippen LogP) is -0.00480. The molecule has 0 unspecified atom stereocenters. The number of nitrogens with one attached hydrogen (secondary N) is 1. The molecular weight excluding hydrogens is 242 g/mol. The molecule has 17 heavy (non-hydrogen) atoms. The molecule has 0 radical (unpaired) electrons. The van der Waals surface area contributed by atoms with Crippen LogP contribution in [0.15, 0.2) is 5.16 Å². The molecule has 1 N–H and O–H groups in total. The fourth-order valence-electron chi connectivity index (χ4n) is 1.10. The summed E-state index contributed by atoms with van der Waals surface area (Å²) in [5, 5.41) is 15.5. The Bertz CT molecular complexity index is 297. The second-order valence-corrected chi connectivity index (χ2v) is 4.07. The van der Waals surface area contributed by atoms with Gasteiger partial charge in [0.2, 0.25) is 5.16 Å². The van der Waals surface area contributed by atoms with E-state index in [0.717, 1.165) is 24.8 Å². The second kappa shape index (κ2) is 9.34. The summed E-state index contributed by atoms with van der Waals surface area (Å²) in [6.07, 6.45) is 0. The first-order valence-corrected chi connectivity index (χ1v) is 6.53. The molecule has 0 saturated carbocycles. The monoisotopic (exact) mass is 261 g/mol. The smallest absolute Gasteiger partial charge is 0.211 e. The van der Waals surface area contributed by atoms with Crippen LogP contribution in [0.2, 0.25) is 0 Å². The fourth-order valence-corrected chi connectivity index (χ4v) is 1.83. The molecule has 8 heteroatoms. The highest BCUT2D eigenvalue weighted by molar-refractivity contribution is 7.99. The fraction of sp³-hybridized carbons (Fsp3) is 0.889. The van der Waals surface area contributed by atoms with Crippen molar-refractivity contribution in [2.45, 2.75) is 18.6 Å². The predicted molar refractivity (Wildman–Crippen MR) is 64.9 cm³/mol. The van der Waals surface area contributed by atoms with Crippen molar-refractivity contribution in [1.82, 2.24) is 25.5 Å². The highest BCUT2D eigenvalue weighted by Crippen LogP contribution is 2.12. The van der Waals surface area contributed by atoms with E-state index in [-0.39, 0.29) is 0 Å². The first kappa shape index (κ1) is 14.4. The molecule has 0 aliphatic carbocycles. The lowest BCUT2D eigenvalue weighted by atomic mass is 10.6. The topological polar surface area (TPSA) is 74.1 Å². The Morgan fingerprint density at radius 3 is 3.06 bits per heavy atom. The van der Waals surface area contributed by atoms with Crippen molar-refractivity contribution in [3.8, 4) is 0 Å². The molecule has 1 aromatic rings. The van der Waals surface area contributed by atoms with E-state index in [2.05, 4.69) is 20.8 Å². The van der Waals surface area contributed by atoms with Crippen LogP contribution in [0.1, 0.15) is 6.92 Å². The zero-order chi connectivity index (χ0) is 12.3. The third-order valence-electron chi connectivity index (χ3n) is 1.96. The lowest BCUT2D eigenvalue weighted by molar-refractivity contribution is 0.198. The number of nitrogens with zero attached hydrogens (tertiary/aromatic N) is 4. The van der Waals surface area contributed by atoms with Gasteiger partial charge in [-0.1, -0.05) is 11.8 Å². The van der Waals surface area contributed by atoms with E-state index in [1.165, 1.54) is 11.8 Å². The number of rotatable bonds is 10. The largest absolute Gasteiger partial charge is 0.383 e. The number of thioether (sulfide) groups is 1. The Morgan fingerprint density at radius 2 is 2.29 bits per heavy atom. The SMILES string of the molecule is CCOCSc1nnnn1CCNCCOC. The molecule has 0 atom stereocenters. The summed E-state index contributed by atoms with van der Waals surface area (Å²) >= 11 is 1.50. The van der Waals surface area contributed by atoms with Crippen LogP contribution in [-0.4, -0.2) is 59.6 Å². The molecular formula is C9H19N5O2S. The van der Waals surface area contributed by atoms with Gasteiger partial charge in [-0.2, -0.15) is 0 Å². The number of hydrogen-bond donors (Lipinski definition) is 1. The normalized spacial score (nSPS) is 10.9. The van der Waals surface area contributed by atoms with Crippen molar-refractivity contribution in [3.05, 3.63) is 0 Å². The van der Waals surface area contributed by atoms with Gasteiger partial charge in [0.05, 0.1) is 19.1 Å². The van der Waals surface area contributed by atoms with Gasteiger partial charge in [0.15, 0.2) is 0 Å². The molecule has 0 saturated heterocycles. The van der Waals surface area contributed by atoms with E-state index in [0.29, 0.717) is 19.2 Å². The van der Waals surface area contributed by atoms with E-state index >= 15 is 0 Å². The summed E-state index contributed by atoms with van der Waals surface area (Å²) in [4.78, 5) is 0. The minimum absolute atomic E-state index is 0.577. The maximum absolute atomic E-state index is 5.24. The average Bonchev–Trinajstić information content (AvgIpc) is 2.77. The Morgan fingerprint density at radius 1 is 1.41 bits per heavy atom. The Labute approximate surface area is 105 Å². The van der Waals surface area contributed by atoms with Gasteiger partial charge in [-0.3, -0.25) is 0 Å². The van der Waals surface area contributed by atoms with E-state index in [1.807, 2.05) is 6.92 Å². The molecule has 0 bridgehead atoms. The van der Waals surface area contributed by atoms with Crippen molar-refractivity contribution in [2.75, 3.05) is 39.4 Å². The first-order valence-electron chi connectivity index (χ1n) is 5.54. The first-order chi connectivity index (χ1) is 8.38. The molecule has 0 spiro atoms. The summed E-state index contributed by atoms with van der Waals surface area (Å²) < 4.78 is 11.9. The van der Waals surface area contributed by atoms with E-state index in [9.17, 15) is 0 Å². The molecule has 0 amide bonds. The van der Waals surface area contributed by atoms with Crippen LogP contribution >= 0.6 is 11.8 Å². The molecule has 0 fully saturated rings. The Hall–Kier alpha value is -0.700. The number of ether oxygens (including phenoxy) is 2. The van der Waals surface area contributed by atoms with Gasteiger partial charge in [-0.15, -0.1) is 5.10 Å². The van der Waals surface area contributed by atoms with Crippen LogP contribution in [0, 0.1) is 0 Å². The van der Waals surface area contributed by atoms with Gasteiger partial charge in [-0.25, -0.2) is 4.68 Å². The third kappa shape index (κ3) is 5.97. The summed E-state index contributed by atoms with van der Waals surface area (Å²) in [5.74, 6) is 0.577. The van der Waals surface area contributed by atoms with Crippen LogP contribution < -0.4 is 5.32 Å². The van der Waals surface area contributed by atoms with Crippen LogP contribution in [0.3, 0.4) is 0 Å². The van der Waals surface area contributed by atoms with Crippen molar-refractivity contribution in [3.63, 3.8) is 0 Å². The zero-order valence-corrected chi connectivity index (χ0v) is 11.1. The van der Waals surface area contributed by atoms with E-state index in [4.69, 9.17) is 9.47 Å². The van der Waals surface area contributed by atoms with Gasteiger partial charge in [0.25, 0.3) is 0 Å². The van der Waals surface area contributed by atoms with Crippen LogP contribution in [-0.2, 0) is 16.0 Å². The number of methoxy groups -OCH3 is 1. The summed E-state index contributed by atoms with van der Waals surface area (Å²) in [5.41, 5.74) is 0.